The summed E-state index contributed by atoms with van der Waals surface area (Å²) in [6.07, 6.45) is 0. The van der Waals surface area contributed by atoms with E-state index >= 15 is 0 Å². The fourth-order valence-corrected chi connectivity index (χ4v) is 0. The van der Waals surface area contributed by atoms with Gasteiger partial charge in [0.15, 0.2) is 0 Å². The van der Waals surface area contributed by atoms with Crippen molar-refractivity contribution in [3.8, 4) is 0 Å². The Balaban J connectivity index is 0. The Kier molecular flexibility index (Phi) is 484. The smallest absolute Gasteiger partial charge is 1.00 e. The van der Waals surface area contributed by atoms with Gasteiger partial charge in [-0.05, 0) is 0 Å². The molecular weight excluding hydrogens is 169 g/mol. The molecule has 0 aliphatic rings. The predicted molar refractivity (Wildman–Crippen MR) is 10.8 cm³/mol. The molecule has 0 saturated carbocycles. The molecule has 0 aromatic rings. The van der Waals surface area contributed by atoms with Crippen LogP contribution in [0, 0.1) is 0 Å². The average molecular weight is 175 g/mol. The van der Waals surface area contributed by atoms with E-state index in [0.717, 1.165) is 0 Å². The van der Waals surface area contributed by atoms with E-state index < -0.39 is 0 Å². The molecule has 0 fully saturated rings. The first-order chi connectivity index (χ1) is 0. The van der Waals surface area contributed by atoms with Crippen molar-refractivity contribution in [1.82, 2.24) is 0 Å². The Hall–Kier alpha value is 1.98. The maximum Gasteiger partial charge on any atom is 1.00 e. The summed E-state index contributed by atoms with van der Waals surface area (Å²) in [5, 5.41) is 0. The summed E-state index contributed by atoms with van der Waals surface area (Å²) in [5.41, 5.74) is 0. The van der Waals surface area contributed by atoms with Crippen LogP contribution in [0.25, 0.3) is 0 Å². The summed E-state index contributed by atoms with van der Waals surface area (Å²) in [4.78, 5) is 0. The van der Waals surface area contributed by atoms with Crippen molar-refractivity contribution in [2.24, 2.45) is 0 Å². The van der Waals surface area contributed by atoms with E-state index in [2.05, 4.69) is 0 Å². The maximum absolute atomic E-state index is 0. The van der Waals surface area contributed by atoms with Gasteiger partial charge in [0.25, 0.3) is 0 Å². The van der Waals surface area contributed by atoms with Crippen LogP contribution in [0.3, 0.4) is 0 Å². The average Bonchev–Trinajstić information content (AvgIpc) is 0. The summed E-state index contributed by atoms with van der Waals surface area (Å²) in [5.74, 6) is 0. The maximum atomic E-state index is 0. The van der Waals surface area contributed by atoms with Gasteiger partial charge >= 0.3 is 58.2 Å². The first-order valence-electron chi connectivity index (χ1n) is 0. The Morgan fingerprint density at radius 3 is 0.600 bits per heavy atom. The third kappa shape index (κ3) is 24.2. The van der Waals surface area contributed by atoms with Crippen molar-refractivity contribution < 1.29 is 87.0 Å². The summed E-state index contributed by atoms with van der Waals surface area (Å²) in [6.45, 7) is 0. The fraction of sp³-hybridized carbons (Fsp3) is 0. The van der Waals surface area contributed by atoms with Crippen molar-refractivity contribution in [2.75, 3.05) is 0 Å². The molecule has 0 saturated heterocycles. The van der Waals surface area contributed by atoms with E-state index in [0.29, 0.717) is 0 Å². The normalized spacial score (nSPS) is 0. The van der Waals surface area contributed by atoms with Gasteiger partial charge in [-0.1, -0.05) is 0 Å². The minimum Gasteiger partial charge on any atom is -1.00 e. The molecule has 0 aliphatic heterocycles. The fourth-order valence-electron chi connectivity index (χ4n) is 0. The van der Waals surface area contributed by atoms with Gasteiger partial charge in [0.05, 0.1) is 0 Å². The van der Waals surface area contributed by atoms with Crippen LogP contribution in [-0.4, -0.2) is 16.4 Å². The zero-order valence-corrected chi connectivity index (χ0v) is 8.55. The molecule has 0 aliphatic carbocycles. The van der Waals surface area contributed by atoms with E-state index in [1.54, 1.807) is 0 Å². The predicted octanol–water partition coefficient (Wildman–Crippen LogP) is -8.47. The Labute approximate surface area is 85.3 Å². The number of hydrogen-bond donors (Lipinski definition) is 0. The number of hydrogen-bond acceptors (Lipinski definition) is 0. The zero-order valence-electron chi connectivity index (χ0n) is 2.88. The van der Waals surface area contributed by atoms with Gasteiger partial charge in [0.2, 0.25) is 0 Å². The molecule has 0 aromatic heterocycles. The molecule has 0 heterocycles. The Morgan fingerprint density at radius 1 is 0.600 bits per heavy atom. The molecule has 0 spiro atoms. The van der Waals surface area contributed by atoms with E-state index in [9.17, 15) is 0 Å². The third-order valence-electron chi connectivity index (χ3n) is 0. The monoisotopic (exact) mass is 174 g/mol. The largest absolute Gasteiger partial charge is 1.00 e. The van der Waals surface area contributed by atoms with Gasteiger partial charge in [-0.3, -0.25) is 0 Å². The Morgan fingerprint density at radius 2 is 0.600 bits per heavy atom. The topological polar surface area (TPSA) is 94.5 Å². The molecule has 5 heavy (non-hydrogen) atoms. The van der Waals surface area contributed by atoms with Crippen molar-refractivity contribution in [2.45, 2.75) is 0 Å². The second-order valence-electron chi connectivity index (χ2n) is 0. The van der Waals surface area contributed by atoms with Crippen molar-refractivity contribution in [3.63, 3.8) is 0 Å². The first-order valence-corrected chi connectivity index (χ1v) is 0. The van der Waals surface area contributed by atoms with Gasteiger partial charge in [0, 0.05) is 0 Å². The molecular formula is H6ClO3Rb. The molecule has 5 heteroatoms. The van der Waals surface area contributed by atoms with Crippen LogP contribution in [-0.2, 0) is 0 Å². The molecule has 0 radical (unpaired) electrons. The van der Waals surface area contributed by atoms with E-state index in [1.165, 1.54) is 0 Å². The second-order valence-corrected chi connectivity index (χ2v) is 0. The summed E-state index contributed by atoms with van der Waals surface area (Å²) in [6, 6.07) is 0. The van der Waals surface area contributed by atoms with Gasteiger partial charge in [0.1, 0.15) is 0 Å². The van der Waals surface area contributed by atoms with Crippen LogP contribution >= 0.6 is 0 Å². The molecule has 0 unspecified atom stereocenters. The summed E-state index contributed by atoms with van der Waals surface area (Å²) in [7, 11) is 0. The molecule has 0 amide bonds. The van der Waals surface area contributed by atoms with Crippen LogP contribution in [0.2, 0.25) is 0 Å². The third-order valence-corrected chi connectivity index (χ3v) is 0. The van der Waals surface area contributed by atoms with E-state index in [-0.39, 0.29) is 87.0 Å². The van der Waals surface area contributed by atoms with Crippen LogP contribution in [0.15, 0.2) is 0 Å². The summed E-state index contributed by atoms with van der Waals surface area (Å²) >= 11 is 0. The van der Waals surface area contributed by atoms with Gasteiger partial charge in [-0.2, -0.15) is 0 Å². The van der Waals surface area contributed by atoms with Crippen LogP contribution in [0.5, 0.6) is 0 Å². The molecule has 0 rings (SSSR count). The van der Waals surface area contributed by atoms with Crippen molar-refractivity contribution in [1.29, 1.82) is 0 Å². The molecule has 6 N–H and O–H groups in total. The number of rotatable bonds is 0. The molecule has 0 atom stereocenters. The summed E-state index contributed by atoms with van der Waals surface area (Å²) < 4.78 is 0. The Bertz CT molecular complexity index is 6.85. The number of halogens is 1. The molecule has 0 aromatic carbocycles. The molecule has 0 bridgehead atoms. The molecule has 32 valence electrons. The standard InChI is InChI=1S/ClH.3H2O.Rb/h1H;3*1H2;/q;;;;+1/p-1. The van der Waals surface area contributed by atoms with Gasteiger partial charge in [-0.25, -0.2) is 0 Å². The van der Waals surface area contributed by atoms with Crippen molar-refractivity contribution in [3.05, 3.63) is 0 Å². The van der Waals surface area contributed by atoms with Crippen LogP contribution in [0.1, 0.15) is 0 Å². The molecule has 3 nitrogen and oxygen atoms in total. The van der Waals surface area contributed by atoms with E-state index in [4.69, 9.17) is 0 Å². The van der Waals surface area contributed by atoms with Gasteiger partial charge in [-0.15, -0.1) is 0 Å². The quantitative estimate of drug-likeness (QED) is 0.349. The van der Waals surface area contributed by atoms with Gasteiger partial charge < -0.3 is 28.8 Å². The van der Waals surface area contributed by atoms with E-state index in [1.807, 2.05) is 0 Å². The van der Waals surface area contributed by atoms with Crippen LogP contribution < -0.4 is 70.6 Å². The second kappa shape index (κ2) is 37.9. The minimum absolute atomic E-state index is 0. The zero-order chi connectivity index (χ0) is 0. The first kappa shape index (κ1) is 63.8. The van der Waals surface area contributed by atoms with Crippen LogP contribution in [0.4, 0.5) is 0 Å². The minimum atomic E-state index is 0. The van der Waals surface area contributed by atoms with Crippen molar-refractivity contribution >= 4 is 0 Å². The SMILES string of the molecule is O.O.O.[Cl-].[Rb+].